The highest BCUT2D eigenvalue weighted by atomic mass is 35.5. The van der Waals surface area contributed by atoms with Crippen LogP contribution < -0.4 is 5.32 Å². The third kappa shape index (κ3) is 4.18. The molecule has 0 saturated carbocycles. The second-order valence-corrected chi connectivity index (χ2v) is 6.32. The van der Waals surface area contributed by atoms with E-state index in [0.717, 1.165) is 11.1 Å². The van der Waals surface area contributed by atoms with E-state index in [1.807, 2.05) is 25.1 Å². The summed E-state index contributed by atoms with van der Waals surface area (Å²) in [5, 5.41) is 11.7. The van der Waals surface area contributed by atoms with Crippen LogP contribution in [0.15, 0.2) is 50.7 Å². The number of nitrogens with zero attached hydrogens (tertiary/aromatic N) is 2. The number of carbonyl (C=O) groups excluding carboxylic acids is 1. The van der Waals surface area contributed by atoms with Gasteiger partial charge in [0.05, 0.1) is 17.6 Å². The maximum atomic E-state index is 11.9. The molecule has 0 aliphatic carbocycles. The van der Waals surface area contributed by atoms with Gasteiger partial charge in [0.25, 0.3) is 11.1 Å². The molecule has 1 aromatic carbocycles. The number of amides is 1. The summed E-state index contributed by atoms with van der Waals surface area (Å²) in [4.78, 5) is 11.9. The predicted molar refractivity (Wildman–Crippen MR) is 90.8 cm³/mol. The number of thioether (sulfide) groups is 1. The van der Waals surface area contributed by atoms with E-state index < -0.39 is 0 Å². The van der Waals surface area contributed by atoms with Crippen molar-refractivity contribution in [1.82, 2.24) is 15.5 Å². The Hall–Kier alpha value is -2.25. The SMILES string of the molecule is Cc1occc1-c1nnc(SCC(=O)NCc2cccc(Cl)c2)o1. The predicted octanol–water partition coefficient (Wildman–Crippen LogP) is 3.70. The van der Waals surface area contributed by atoms with Gasteiger partial charge in [-0.15, -0.1) is 10.2 Å². The first-order valence-corrected chi connectivity index (χ1v) is 8.50. The molecule has 24 heavy (non-hydrogen) atoms. The molecule has 1 N–H and O–H groups in total. The molecule has 0 atom stereocenters. The Labute approximate surface area is 147 Å². The monoisotopic (exact) mass is 363 g/mol. The van der Waals surface area contributed by atoms with Gasteiger partial charge in [0.15, 0.2) is 0 Å². The maximum absolute atomic E-state index is 11.9. The molecule has 0 aliphatic heterocycles. The fourth-order valence-electron chi connectivity index (χ4n) is 2.01. The molecular formula is C16H14ClN3O3S. The zero-order chi connectivity index (χ0) is 16.9. The summed E-state index contributed by atoms with van der Waals surface area (Å²) < 4.78 is 10.7. The summed E-state index contributed by atoms with van der Waals surface area (Å²) in [6.45, 7) is 2.24. The van der Waals surface area contributed by atoms with E-state index in [-0.39, 0.29) is 11.7 Å². The lowest BCUT2D eigenvalue weighted by molar-refractivity contribution is -0.118. The first-order valence-electron chi connectivity index (χ1n) is 7.14. The van der Waals surface area contributed by atoms with Crippen molar-refractivity contribution >= 4 is 29.3 Å². The molecule has 3 rings (SSSR count). The number of furan rings is 1. The summed E-state index contributed by atoms with van der Waals surface area (Å²) in [7, 11) is 0. The Balaban J connectivity index is 1.50. The van der Waals surface area contributed by atoms with Crippen LogP contribution >= 0.6 is 23.4 Å². The van der Waals surface area contributed by atoms with Crippen molar-refractivity contribution in [2.24, 2.45) is 0 Å². The zero-order valence-electron chi connectivity index (χ0n) is 12.8. The normalized spacial score (nSPS) is 10.8. The van der Waals surface area contributed by atoms with Crippen molar-refractivity contribution in [1.29, 1.82) is 0 Å². The van der Waals surface area contributed by atoms with E-state index in [1.165, 1.54) is 11.8 Å². The summed E-state index contributed by atoms with van der Waals surface area (Å²) in [6.07, 6.45) is 1.56. The van der Waals surface area contributed by atoms with Crippen LogP contribution in [-0.4, -0.2) is 21.9 Å². The van der Waals surface area contributed by atoms with Crippen molar-refractivity contribution in [2.45, 2.75) is 18.7 Å². The standard InChI is InChI=1S/C16H14ClN3O3S/c1-10-13(5-6-22-10)15-19-20-16(23-15)24-9-14(21)18-8-11-3-2-4-12(17)7-11/h2-7H,8-9H2,1H3,(H,18,21). The summed E-state index contributed by atoms with van der Waals surface area (Å²) in [6, 6.07) is 9.10. The van der Waals surface area contributed by atoms with Crippen molar-refractivity contribution in [3.8, 4) is 11.5 Å². The number of benzene rings is 1. The molecule has 1 amide bonds. The van der Waals surface area contributed by atoms with E-state index in [1.54, 1.807) is 18.4 Å². The summed E-state index contributed by atoms with van der Waals surface area (Å²) in [5.74, 6) is 1.14. The number of rotatable bonds is 6. The molecule has 124 valence electrons. The average Bonchev–Trinajstić information content (AvgIpc) is 3.19. The first kappa shape index (κ1) is 16.6. The molecule has 6 nitrogen and oxygen atoms in total. The van der Waals surface area contributed by atoms with Crippen molar-refractivity contribution < 1.29 is 13.6 Å². The Morgan fingerprint density at radius 3 is 2.96 bits per heavy atom. The highest BCUT2D eigenvalue weighted by molar-refractivity contribution is 7.99. The lowest BCUT2D eigenvalue weighted by atomic mass is 10.2. The fourth-order valence-corrected chi connectivity index (χ4v) is 2.82. The lowest BCUT2D eigenvalue weighted by Crippen LogP contribution is -2.24. The number of halogens is 1. The minimum Gasteiger partial charge on any atom is -0.469 e. The summed E-state index contributed by atoms with van der Waals surface area (Å²) in [5.41, 5.74) is 1.69. The van der Waals surface area contributed by atoms with Gasteiger partial charge in [-0.05, 0) is 30.7 Å². The Kier molecular flexibility index (Phi) is 5.22. The van der Waals surface area contributed by atoms with Gasteiger partial charge in [-0.2, -0.15) is 0 Å². The van der Waals surface area contributed by atoms with Gasteiger partial charge in [-0.25, -0.2) is 0 Å². The van der Waals surface area contributed by atoms with Crippen LogP contribution in [-0.2, 0) is 11.3 Å². The van der Waals surface area contributed by atoms with Gasteiger partial charge >= 0.3 is 0 Å². The second-order valence-electron chi connectivity index (χ2n) is 4.96. The molecule has 0 unspecified atom stereocenters. The molecular weight excluding hydrogens is 350 g/mol. The van der Waals surface area contributed by atoms with Crippen molar-refractivity contribution in [2.75, 3.05) is 5.75 Å². The Bertz CT molecular complexity index is 846. The minimum atomic E-state index is -0.126. The van der Waals surface area contributed by atoms with E-state index in [9.17, 15) is 4.79 Å². The van der Waals surface area contributed by atoms with Gasteiger partial charge in [-0.1, -0.05) is 35.5 Å². The van der Waals surface area contributed by atoms with Crippen molar-refractivity contribution in [3.05, 3.63) is 52.9 Å². The quantitative estimate of drug-likeness (QED) is 0.672. The number of aryl methyl sites for hydroxylation is 1. The number of hydrogen-bond acceptors (Lipinski definition) is 6. The van der Waals surface area contributed by atoms with E-state index in [0.29, 0.717) is 28.4 Å². The fraction of sp³-hybridized carbons (Fsp3) is 0.188. The van der Waals surface area contributed by atoms with E-state index in [2.05, 4.69) is 15.5 Å². The average molecular weight is 364 g/mol. The number of nitrogens with one attached hydrogen (secondary N) is 1. The summed E-state index contributed by atoms with van der Waals surface area (Å²) >= 11 is 7.09. The highest BCUT2D eigenvalue weighted by Gasteiger charge is 2.14. The van der Waals surface area contributed by atoms with Crippen LogP contribution in [0.5, 0.6) is 0 Å². The molecule has 0 aliphatic rings. The maximum Gasteiger partial charge on any atom is 0.277 e. The lowest BCUT2D eigenvalue weighted by Gasteiger charge is -2.04. The molecule has 0 spiro atoms. The van der Waals surface area contributed by atoms with Gasteiger partial charge in [0, 0.05) is 11.6 Å². The Morgan fingerprint density at radius 2 is 2.21 bits per heavy atom. The molecule has 2 aromatic heterocycles. The molecule has 8 heteroatoms. The number of aromatic nitrogens is 2. The molecule has 3 aromatic rings. The topological polar surface area (TPSA) is 81.2 Å². The van der Waals surface area contributed by atoms with Gasteiger partial charge in [-0.3, -0.25) is 4.79 Å². The van der Waals surface area contributed by atoms with Crippen LogP contribution in [0, 0.1) is 6.92 Å². The van der Waals surface area contributed by atoms with Gasteiger partial charge < -0.3 is 14.2 Å². The third-order valence-corrected chi connectivity index (χ3v) is 4.25. The molecule has 2 heterocycles. The third-order valence-electron chi connectivity index (χ3n) is 3.20. The zero-order valence-corrected chi connectivity index (χ0v) is 14.4. The van der Waals surface area contributed by atoms with Crippen LogP contribution in [0.2, 0.25) is 5.02 Å². The van der Waals surface area contributed by atoms with Crippen LogP contribution in [0.25, 0.3) is 11.5 Å². The van der Waals surface area contributed by atoms with E-state index >= 15 is 0 Å². The smallest absolute Gasteiger partial charge is 0.277 e. The minimum absolute atomic E-state index is 0.126. The molecule has 0 bridgehead atoms. The largest absolute Gasteiger partial charge is 0.469 e. The number of hydrogen-bond donors (Lipinski definition) is 1. The Morgan fingerprint density at radius 1 is 1.33 bits per heavy atom. The van der Waals surface area contributed by atoms with E-state index in [4.69, 9.17) is 20.4 Å². The van der Waals surface area contributed by atoms with Crippen LogP contribution in [0.3, 0.4) is 0 Å². The second kappa shape index (κ2) is 7.55. The highest BCUT2D eigenvalue weighted by Crippen LogP contribution is 2.26. The number of carbonyl (C=O) groups is 1. The van der Waals surface area contributed by atoms with Crippen LogP contribution in [0.1, 0.15) is 11.3 Å². The molecule has 0 radical (unpaired) electrons. The van der Waals surface area contributed by atoms with Crippen LogP contribution in [0.4, 0.5) is 0 Å². The van der Waals surface area contributed by atoms with Gasteiger partial charge in [0.1, 0.15) is 5.76 Å². The molecule has 0 fully saturated rings. The molecule has 0 saturated heterocycles. The first-order chi connectivity index (χ1) is 11.6. The van der Waals surface area contributed by atoms with Gasteiger partial charge in [0.2, 0.25) is 5.91 Å². The van der Waals surface area contributed by atoms with Crippen molar-refractivity contribution in [3.63, 3.8) is 0 Å².